The van der Waals surface area contributed by atoms with E-state index in [-0.39, 0.29) is 0 Å². The van der Waals surface area contributed by atoms with Gasteiger partial charge in [0.15, 0.2) is 5.75 Å². The van der Waals surface area contributed by atoms with Crippen molar-refractivity contribution < 1.29 is 4.74 Å². The second kappa shape index (κ2) is 6.54. The van der Waals surface area contributed by atoms with Gasteiger partial charge in [-0.05, 0) is 25.8 Å². The summed E-state index contributed by atoms with van der Waals surface area (Å²) in [5.41, 5.74) is 0. The maximum atomic E-state index is 5.04. The first-order chi connectivity index (χ1) is 8.81. The summed E-state index contributed by atoms with van der Waals surface area (Å²) in [4.78, 5) is 11.0. The molecule has 0 aromatic carbocycles. The van der Waals surface area contributed by atoms with Gasteiger partial charge in [0, 0.05) is 19.1 Å². The van der Waals surface area contributed by atoms with E-state index >= 15 is 0 Å². The summed E-state index contributed by atoms with van der Waals surface area (Å²) in [6.45, 7) is 5.78. The van der Waals surface area contributed by atoms with Gasteiger partial charge in [0.1, 0.15) is 0 Å². The molecular weight excluding hydrogens is 228 g/mol. The molecule has 1 aliphatic rings. The van der Waals surface area contributed by atoms with Crippen LogP contribution in [0.1, 0.15) is 26.2 Å². The van der Waals surface area contributed by atoms with Gasteiger partial charge < -0.3 is 15.0 Å². The van der Waals surface area contributed by atoms with Crippen molar-refractivity contribution in [3.8, 4) is 5.75 Å². The molecule has 0 atom stereocenters. The number of nitrogens with zero attached hydrogens (tertiary/aromatic N) is 3. The van der Waals surface area contributed by atoms with Gasteiger partial charge in [-0.1, -0.05) is 6.92 Å². The lowest BCUT2D eigenvalue weighted by Crippen LogP contribution is -2.39. The summed E-state index contributed by atoms with van der Waals surface area (Å²) < 4.78 is 5.04. The number of anilines is 1. The Morgan fingerprint density at radius 1 is 1.33 bits per heavy atom. The zero-order valence-corrected chi connectivity index (χ0v) is 11.2. The zero-order chi connectivity index (χ0) is 12.8. The Bertz CT molecular complexity index is 347. The predicted molar refractivity (Wildman–Crippen MR) is 72.0 cm³/mol. The highest BCUT2D eigenvalue weighted by Crippen LogP contribution is 2.15. The molecule has 1 aliphatic heterocycles. The van der Waals surface area contributed by atoms with E-state index in [1.165, 1.54) is 26.1 Å². The third-order valence-corrected chi connectivity index (χ3v) is 3.32. The molecule has 5 heteroatoms. The van der Waals surface area contributed by atoms with Gasteiger partial charge in [-0.3, -0.25) is 0 Å². The Morgan fingerprint density at radius 3 is 2.56 bits per heavy atom. The molecule has 0 aliphatic carbocycles. The minimum absolute atomic E-state index is 0.492. The van der Waals surface area contributed by atoms with Crippen LogP contribution in [-0.4, -0.2) is 47.7 Å². The minimum atomic E-state index is 0.492. The quantitative estimate of drug-likeness (QED) is 0.863. The lowest BCUT2D eigenvalue weighted by Gasteiger charge is -2.32. The average molecular weight is 250 g/mol. The first-order valence-electron chi connectivity index (χ1n) is 6.66. The predicted octanol–water partition coefficient (Wildman–Crippen LogP) is 1.77. The first-order valence-corrected chi connectivity index (χ1v) is 6.66. The molecule has 1 aromatic heterocycles. The van der Waals surface area contributed by atoms with Gasteiger partial charge in [0.05, 0.1) is 19.5 Å². The average Bonchev–Trinajstić information content (AvgIpc) is 2.42. The van der Waals surface area contributed by atoms with E-state index in [1.807, 2.05) is 0 Å². The smallest absolute Gasteiger partial charge is 0.223 e. The lowest BCUT2D eigenvalue weighted by atomic mass is 10.1. The fourth-order valence-electron chi connectivity index (χ4n) is 2.30. The molecule has 1 fully saturated rings. The maximum absolute atomic E-state index is 5.04. The molecule has 5 nitrogen and oxygen atoms in total. The van der Waals surface area contributed by atoms with Gasteiger partial charge in [-0.2, -0.15) is 0 Å². The molecular formula is C13H22N4O. The molecule has 1 aromatic rings. The Morgan fingerprint density at radius 2 is 2.00 bits per heavy atom. The Kier molecular flexibility index (Phi) is 4.75. The number of hydrogen-bond acceptors (Lipinski definition) is 5. The molecule has 0 unspecified atom stereocenters. The molecule has 0 saturated carbocycles. The number of nitrogens with one attached hydrogen (secondary N) is 1. The molecule has 18 heavy (non-hydrogen) atoms. The summed E-state index contributed by atoms with van der Waals surface area (Å²) in [7, 11) is 1.62. The molecule has 2 rings (SSSR count). The van der Waals surface area contributed by atoms with E-state index in [0.29, 0.717) is 17.7 Å². The fraction of sp³-hybridized carbons (Fsp3) is 0.692. The summed E-state index contributed by atoms with van der Waals surface area (Å²) in [6, 6.07) is 0.492. The van der Waals surface area contributed by atoms with E-state index in [2.05, 4.69) is 27.1 Å². The highest BCUT2D eigenvalue weighted by Gasteiger charge is 2.18. The number of rotatable bonds is 5. The SMILES string of the molecule is CCCN1CCC(Nc2ncc(OC)cn2)CC1. The van der Waals surface area contributed by atoms with Crippen molar-refractivity contribution in [3.63, 3.8) is 0 Å². The van der Waals surface area contributed by atoms with Gasteiger partial charge in [0.25, 0.3) is 0 Å². The van der Waals surface area contributed by atoms with E-state index < -0.39 is 0 Å². The topological polar surface area (TPSA) is 50.3 Å². The van der Waals surface area contributed by atoms with Gasteiger partial charge in [-0.25, -0.2) is 9.97 Å². The highest BCUT2D eigenvalue weighted by molar-refractivity contribution is 5.28. The molecule has 1 N–H and O–H groups in total. The van der Waals surface area contributed by atoms with E-state index in [4.69, 9.17) is 4.74 Å². The lowest BCUT2D eigenvalue weighted by molar-refractivity contribution is 0.219. The van der Waals surface area contributed by atoms with Crippen molar-refractivity contribution in [2.24, 2.45) is 0 Å². The second-order valence-corrected chi connectivity index (χ2v) is 4.71. The first kappa shape index (κ1) is 13.1. The van der Waals surface area contributed by atoms with Gasteiger partial charge in [-0.15, -0.1) is 0 Å². The number of methoxy groups -OCH3 is 1. The summed E-state index contributed by atoms with van der Waals surface area (Å²) in [6.07, 6.45) is 6.95. The van der Waals surface area contributed by atoms with Crippen LogP contribution in [0.15, 0.2) is 12.4 Å². The van der Waals surface area contributed by atoms with Crippen molar-refractivity contribution in [3.05, 3.63) is 12.4 Å². The molecule has 100 valence electrons. The minimum Gasteiger partial charge on any atom is -0.494 e. The van der Waals surface area contributed by atoms with Crippen LogP contribution in [0.5, 0.6) is 5.75 Å². The van der Waals surface area contributed by atoms with E-state index in [9.17, 15) is 0 Å². The van der Waals surface area contributed by atoms with Crippen LogP contribution < -0.4 is 10.1 Å². The highest BCUT2D eigenvalue weighted by atomic mass is 16.5. The van der Waals surface area contributed by atoms with Gasteiger partial charge in [0.2, 0.25) is 5.95 Å². The zero-order valence-electron chi connectivity index (χ0n) is 11.2. The molecule has 2 heterocycles. The molecule has 0 amide bonds. The second-order valence-electron chi connectivity index (χ2n) is 4.71. The number of piperidine rings is 1. The van der Waals surface area contributed by atoms with Crippen LogP contribution in [-0.2, 0) is 0 Å². The van der Waals surface area contributed by atoms with Crippen molar-refractivity contribution in [1.29, 1.82) is 0 Å². The standard InChI is InChI=1S/C13H22N4O/c1-3-6-17-7-4-11(5-8-17)16-13-14-9-12(18-2)10-15-13/h9-11H,3-8H2,1-2H3,(H,14,15,16). The van der Waals surface area contributed by atoms with Crippen molar-refractivity contribution in [1.82, 2.24) is 14.9 Å². The monoisotopic (exact) mass is 250 g/mol. The van der Waals surface area contributed by atoms with E-state index in [1.54, 1.807) is 19.5 Å². The van der Waals surface area contributed by atoms with Crippen LogP contribution in [0.25, 0.3) is 0 Å². The Hall–Kier alpha value is -1.36. The number of aromatic nitrogens is 2. The summed E-state index contributed by atoms with van der Waals surface area (Å²) in [5, 5.41) is 3.39. The third kappa shape index (κ3) is 3.57. The van der Waals surface area contributed by atoms with Crippen LogP contribution in [0.4, 0.5) is 5.95 Å². The molecule has 0 spiro atoms. The molecule has 1 saturated heterocycles. The Balaban J connectivity index is 1.80. The van der Waals surface area contributed by atoms with E-state index in [0.717, 1.165) is 12.8 Å². The summed E-state index contributed by atoms with van der Waals surface area (Å²) in [5.74, 6) is 1.39. The van der Waals surface area contributed by atoms with Crippen LogP contribution >= 0.6 is 0 Å². The van der Waals surface area contributed by atoms with Crippen LogP contribution in [0.2, 0.25) is 0 Å². The van der Waals surface area contributed by atoms with Gasteiger partial charge >= 0.3 is 0 Å². The number of ether oxygens (including phenoxy) is 1. The van der Waals surface area contributed by atoms with Crippen molar-refractivity contribution >= 4 is 5.95 Å². The van der Waals surface area contributed by atoms with Crippen LogP contribution in [0.3, 0.4) is 0 Å². The largest absolute Gasteiger partial charge is 0.494 e. The van der Waals surface area contributed by atoms with Crippen LogP contribution in [0, 0.1) is 0 Å². The summed E-state index contributed by atoms with van der Waals surface area (Å²) >= 11 is 0. The normalized spacial score (nSPS) is 17.7. The fourth-order valence-corrected chi connectivity index (χ4v) is 2.30. The maximum Gasteiger partial charge on any atom is 0.223 e. The molecule has 0 radical (unpaired) electrons. The molecule has 0 bridgehead atoms. The number of likely N-dealkylation sites (tertiary alicyclic amines) is 1. The number of hydrogen-bond donors (Lipinski definition) is 1. The third-order valence-electron chi connectivity index (χ3n) is 3.32. The van der Waals surface area contributed by atoms with Crippen molar-refractivity contribution in [2.45, 2.75) is 32.2 Å². The van der Waals surface area contributed by atoms with Crippen molar-refractivity contribution in [2.75, 3.05) is 32.1 Å². The Labute approximate surface area is 109 Å².